The van der Waals surface area contributed by atoms with Crippen LogP contribution in [0.25, 0.3) is 22.2 Å². The van der Waals surface area contributed by atoms with E-state index in [9.17, 15) is 9.18 Å². The third-order valence-corrected chi connectivity index (χ3v) is 5.10. The normalized spacial score (nSPS) is 10.7. The lowest BCUT2D eigenvalue weighted by Gasteiger charge is -2.04. The van der Waals surface area contributed by atoms with Crippen LogP contribution in [0, 0.1) is 5.82 Å². The van der Waals surface area contributed by atoms with E-state index in [1.54, 1.807) is 24.3 Å². The van der Waals surface area contributed by atoms with Crippen molar-refractivity contribution in [3.05, 3.63) is 71.0 Å². The van der Waals surface area contributed by atoms with Gasteiger partial charge in [0.25, 0.3) is 11.8 Å². The van der Waals surface area contributed by atoms with Gasteiger partial charge in [-0.2, -0.15) is 4.98 Å². The minimum atomic E-state index is -0.326. The van der Waals surface area contributed by atoms with Crippen LogP contribution in [0.4, 0.5) is 4.39 Å². The van der Waals surface area contributed by atoms with Gasteiger partial charge in [-0.3, -0.25) is 4.79 Å². The van der Waals surface area contributed by atoms with Crippen LogP contribution in [-0.2, 0) is 6.54 Å². The highest BCUT2D eigenvalue weighted by atomic mass is 32.1. The molecule has 1 amide bonds. The number of benzene rings is 1. The molecule has 3 heterocycles. The number of carbonyl (C=O) groups excluding carboxylic acids is 1. The van der Waals surface area contributed by atoms with Crippen LogP contribution >= 0.6 is 11.3 Å². The molecule has 0 spiro atoms. The molecule has 146 valence electrons. The van der Waals surface area contributed by atoms with Crippen LogP contribution in [-0.4, -0.2) is 28.1 Å². The van der Waals surface area contributed by atoms with Crippen molar-refractivity contribution >= 4 is 17.2 Å². The fourth-order valence-corrected chi connectivity index (χ4v) is 3.40. The van der Waals surface area contributed by atoms with Gasteiger partial charge in [0.15, 0.2) is 0 Å². The predicted molar refractivity (Wildman–Crippen MR) is 105 cm³/mol. The molecule has 0 aliphatic heterocycles. The van der Waals surface area contributed by atoms with Crippen molar-refractivity contribution in [3.8, 4) is 28.0 Å². The van der Waals surface area contributed by atoms with Gasteiger partial charge < -0.3 is 14.6 Å². The monoisotopic (exact) mass is 410 g/mol. The number of hydrogen-bond acceptors (Lipinski definition) is 7. The number of hydrogen-bond donors (Lipinski definition) is 1. The second-order valence-corrected chi connectivity index (χ2v) is 7.14. The molecule has 0 saturated carbocycles. The van der Waals surface area contributed by atoms with Gasteiger partial charge in [-0.25, -0.2) is 9.37 Å². The average Bonchev–Trinajstić information content (AvgIpc) is 3.42. The zero-order valence-electron chi connectivity index (χ0n) is 15.3. The standard InChI is InChI=1S/C20H15FN4O3S/c1-27-17-9-4-13(10-22-17)19(26)23-11-15-7-8-16(29-15)20-24-18(25-28-20)12-2-5-14(21)6-3-12/h2-10H,11H2,1H3,(H,23,26). The minimum Gasteiger partial charge on any atom is -0.481 e. The highest BCUT2D eigenvalue weighted by Crippen LogP contribution is 2.28. The number of halogens is 1. The molecule has 0 aliphatic rings. The van der Waals surface area contributed by atoms with Crippen molar-refractivity contribution in [1.82, 2.24) is 20.4 Å². The summed E-state index contributed by atoms with van der Waals surface area (Å²) in [5.74, 6) is 0.643. The second-order valence-electron chi connectivity index (χ2n) is 5.97. The number of rotatable bonds is 6. The highest BCUT2D eigenvalue weighted by Gasteiger charge is 2.14. The summed E-state index contributed by atoms with van der Waals surface area (Å²) >= 11 is 1.43. The molecule has 4 aromatic rings. The molecule has 0 aliphatic carbocycles. The Bertz CT molecular complexity index is 1120. The zero-order chi connectivity index (χ0) is 20.2. The maximum atomic E-state index is 13.0. The molecule has 3 aromatic heterocycles. The quantitative estimate of drug-likeness (QED) is 0.518. The summed E-state index contributed by atoms with van der Waals surface area (Å²) in [5, 5.41) is 6.78. The summed E-state index contributed by atoms with van der Waals surface area (Å²) in [5.41, 5.74) is 1.11. The molecular formula is C20H15FN4O3S. The van der Waals surface area contributed by atoms with Gasteiger partial charge in [-0.1, -0.05) is 5.16 Å². The number of aromatic nitrogens is 3. The lowest BCUT2D eigenvalue weighted by molar-refractivity contribution is 0.0951. The van der Waals surface area contributed by atoms with Crippen molar-refractivity contribution in [2.75, 3.05) is 7.11 Å². The number of ether oxygens (including phenoxy) is 1. The van der Waals surface area contributed by atoms with Crippen LogP contribution in [0.15, 0.2) is 59.3 Å². The molecule has 0 atom stereocenters. The number of nitrogens with one attached hydrogen (secondary N) is 1. The van der Waals surface area contributed by atoms with E-state index >= 15 is 0 Å². The molecule has 9 heteroatoms. The van der Waals surface area contributed by atoms with Crippen molar-refractivity contribution < 1.29 is 18.4 Å². The van der Waals surface area contributed by atoms with Gasteiger partial charge in [0.2, 0.25) is 11.7 Å². The molecule has 29 heavy (non-hydrogen) atoms. The Morgan fingerprint density at radius 2 is 2.00 bits per heavy atom. The van der Waals surface area contributed by atoms with E-state index in [1.165, 1.54) is 36.8 Å². The Kier molecular flexibility index (Phi) is 5.30. The fourth-order valence-electron chi connectivity index (χ4n) is 2.53. The lowest BCUT2D eigenvalue weighted by atomic mass is 10.2. The summed E-state index contributed by atoms with van der Waals surface area (Å²) in [6.07, 6.45) is 1.46. The molecule has 7 nitrogen and oxygen atoms in total. The second kappa shape index (κ2) is 8.19. The maximum Gasteiger partial charge on any atom is 0.268 e. The van der Waals surface area contributed by atoms with E-state index in [4.69, 9.17) is 9.26 Å². The molecule has 1 N–H and O–H groups in total. The summed E-state index contributed by atoms with van der Waals surface area (Å²) in [6, 6.07) is 12.9. The Morgan fingerprint density at radius 3 is 2.72 bits per heavy atom. The summed E-state index contributed by atoms with van der Waals surface area (Å²) < 4.78 is 23.3. The first-order valence-corrected chi connectivity index (χ1v) is 9.41. The molecular weight excluding hydrogens is 395 g/mol. The van der Waals surface area contributed by atoms with E-state index in [2.05, 4.69) is 20.4 Å². The van der Waals surface area contributed by atoms with E-state index in [0.29, 0.717) is 35.3 Å². The summed E-state index contributed by atoms with van der Waals surface area (Å²) in [4.78, 5) is 22.3. The third kappa shape index (κ3) is 4.30. The lowest BCUT2D eigenvalue weighted by Crippen LogP contribution is -2.22. The fraction of sp³-hybridized carbons (Fsp3) is 0.100. The molecule has 4 rings (SSSR count). The summed E-state index contributed by atoms with van der Waals surface area (Å²) in [7, 11) is 1.52. The first-order valence-electron chi connectivity index (χ1n) is 8.59. The van der Waals surface area contributed by atoms with Crippen LogP contribution in [0.3, 0.4) is 0 Å². The van der Waals surface area contributed by atoms with Gasteiger partial charge in [0.1, 0.15) is 5.82 Å². The van der Waals surface area contributed by atoms with E-state index < -0.39 is 0 Å². The Morgan fingerprint density at radius 1 is 1.17 bits per heavy atom. The van der Waals surface area contributed by atoms with E-state index in [0.717, 1.165) is 9.75 Å². The number of methoxy groups -OCH3 is 1. The topological polar surface area (TPSA) is 90.1 Å². The Labute approximate surface area is 169 Å². The van der Waals surface area contributed by atoms with E-state index in [-0.39, 0.29) is 11.7 Å². The number of carbonyl (C=O) groups is 1. The van der Waals surface area contributed by atoms with Crippen molar-refractivity contribution in [2.24, 2.45) is 0 Å². The van der Waals surface area contributed by atoms with Crippen LogP contribution < -0.4 is 10.1 Å². The van der Waals surface area contributed by atoms with Gasteiger partial charge >= 0.3 is 0 Å². The first kappa shape index (κ1) is 18.8. The molecule has 1 aromatic carbocycles. The van der Waals surface area contributed by atoms with Crippen LogP contribution in [0.2, 0.25) is 0 Å². The number of pyridine rings is 1. The highest BCUT2D eigenvalue weighted by molar-refractivity contribution is 7.15. The number of amides is 1. The molecule has 0 radical (unpaired) electrons. The van der Waals surface area contributed by atoms with Gasteiger partial charge in [0.05, 0.1) is 24.1 Å². The molecule has 0 unspecified atom stereocenters. The SMILES string of the molecule is COc1ccc(C(=O)NCc2ccc(-c3nc(-c4ccc(F)cc4)no3)s2)cn1. The number of nitrogens with zero attached hydrogens (tertiary/aromatic N) is 3. The summed E-state index contributed by atoms with van der Waals surface area (Å²) in [6.45, 7) is 0.356. The van der Waals surface area contributed by atoms with Crippen LogP contribution in [0.1, 0.15) is 15.2 Å². The molecule has 0 fully saturated rings. The molecule has 0 bridgehead atoms. The van der Waals surface area contributed by atoms with Crippen molar-refractivity contribution in [2.45, 2.75) is 6.54 Å². The smallest absolute Gasteiger partial charge is 0.268 e. The van der Waals surface area contributed by atoms with Crippen molar-refractivity contribution in [1.29, 1.82) is 0 Å². The maximum absolute atomic E-state index is 13.0. The van der Waals surface area contributed by atoms with Crippen LogP contribution in [0.5, 0.6) is 5.88 Å². The third-order valence-electron chi connectivity index (χ3n) is 4.03. The van der Waals surface area contributed by atoms with E-state index in [1.807, 2.05) is 12.1 Å². The minimum absolute atomic E-state index is 0.230. The zero-order valence-corrected chi connectivity index (χ0v) is 16.1. The van der Waals surface area contributed by atoms with Gasteiger partial charge in [0, 0.05) is 22.7 Å². The largest absolute Gasteiger partial charge is 0.481 e. The number of thiophene rings is 1. The predicted octanol–water partition coefficient (Wildman–Crippen LogP) is 3.94. The average molecular weight is 410 g/mol. The first-order chi connectivity index (χ1) is 14.1. The van der Waals surface area contributed by atoms with Crippen molar-refractivity contribution in [3.63, 3.8) is 0 Å². The van der Waals surface area contributed by atoms with Gasteiger partial charge in [-0.05, 0) is 42.5 Å². The Balaban J connectivity index is 1.40. The van der Waals surface area contributed by atoms with Gasteiger partial charge in [-0.15, -0.1) is 11.3 Å². The molecule has 0 saturated heterocycles. The Hall–Kier alpha value is -3.59.